The van der Waals surface area contributed by atoms with Gasteiger partial charge in [-0.25, -0.2) is 4.39 Å². The van der Waals surface area contributed by atoms with E-state index in [0.717, 1.165) is 6.07 Å². The molecule has 0 amide bonds. The van der Waals surface area contributed by atoms with E-state index in [-0.39, 0.29) is 12.2 Å². The fourth-order valence-corrected chi connectivity index (χ4v) is 0.763. The lowest BCUT2D eigenvalue weighted by atomic mass is 10.3. The molecule has 0 aliphatic heterocycles. The number of hydrogen-bond acceptors (Lipinski definition) is 3. The van der Waals surface area contributed by atoms with Crippen LogP contribution in [0, 0.1) is 17.1 Å². The van der Waals surface area contributed by atoms with Gasteiger partial charge in [-0.2, -0.15) is 5.26 Å². The molecule has 0 aliphatic carbocycles. The smallest absolute Gasteiger partial charge is 0.325 e. The topological polar surface area (TPSA) is 50.1 Å². The van der Waals surface area contributed by atoms with Crippen molar-refractivity contribution in [1.29, 1.82) is 5.26 Å². The van der Waals surface area contributed by atoms with Crippen LogP contribution in [-0.2, 0) is 4.79 Å². The van der Waals surface area contributed by atoms with Crippen molar-refractivity contribution in [2.24, 2.45) is 0 Å². The standard InChI is InChI=1S/C9H6FNO2/c10-7-2-1-3-8(6-7)13-9(12)4-5-11/h1-3,6H,4H2. The average Bonchev–Trinajstić information content (AvgIpc) is 2.04. The zero-order chi connectivity index (χ0) is 9.68. The Morgan fingerprint density at radius 3 is 3.00 bits per heavy atom. The number of hydrogen-bond donors (Lipinski definition) is 0. The Hall–Kier alpha value is -1.89. The third kappa shape index (κ3) is 2.91. The van der Waals surface area contributed by atoms with Gasteiger partial charge in [0.2, 0.25) is 0 Å². The molecule has 0 radical (unpaired) electrons. The summed E-state index contributed by atoms with van der Waals surface area (Å²) in [6.45, 7) is 0. The molecule has 1 rings (SSSR count). The van der Waals surface area contributed by atoms with Crippen LogP contribution in [0.3, 0.4) is 0 Å². The third-order valence-electron chi connectivity index (χ3n) is 1.25. The predicted octanol–water partition coefficient (Wildman–Crippen LogP) is 1.64. The van der Waals surface area contributed by atoms with E-state index < -0.39 is 11.8 Å². The number of benzene rings is 1. The van der Waals surface area contributed by atoms with Crippen LogP contribution in [0.1, 0.15) is 6.42 Å². The number of ether oxygens (including phenoxy) is 1. The van der Waals surface area contributed by atoms with E-state index in [9.17, 15) is 9.18 Å². The molecular formula is C9H6FNO2. The number of carbonyl (C=O) groups excluding carboxylic acids is 1. The van der Waals surface area contributed by atoms with Crippen LogP contribution in [0.15, 0.2) is 24.3 Å². The minimum Gasteiger partial charge on any atom is -0.426 e. The van der Waals surface area contributed by atoms with Crippen molar-refractivity contribution >= 4 is 5.97 Å². The molecule has 0 heterocycles. The minimum atomic E-state index is -0.687. The fourth-order valence-electron chi connectivity index (χ4n) is 0.763. The average molecular weight is 179 g/mol. The Bertz CT molecular complexity index is 357. The number of halogens is 1. The quantitative estimate of drug-likeness (QED) is 0.512. The Labute approximate surface area is 74.4 Å². The molecule has 0 fully saturated rings. The highest BCUT2D eigenvalue weighted by atomic mass is 19.1. The number of carbonyl (C=O) groups is 1. The second-order valence-electron chi connectivity index (χ2n) is 2.27. The van der Waals surface area contributed by atoms with Crippen molar-refractivity contribution in [2.45, 2.75) is 6.42 Å². The van der Waals surface area contributed by atoms with Crippen LogP contribution >= 0.6 is 0 Å². The molecule has 0 saturated carbocycles. The zero-order valence-corrected chi connectivity index (χ0v) is 6.66. The molecule has 0 unspecified atom stereocenters. The first-order valence-electron chi connectivity index (χ1n) is 3.55. The molecular weight excluding hydrogens is 173 g/mol. The summed E-state index contributed by atoms with van der Waals surface area (Å²) in [4.78, 5) is 10.8. The molecule has 0 N–H and O–H groups in total. The molecule has 0 spiro atoms. The Kier molecular flexibility index (Phi) is 2.98. The summed E-state index contributed by atoms with van der Waals surface area (Å²) in [5.41, 5.74) is 0. The summed E-state index contributed by atoms with van der Waals surface area (Å²) in [5, 5.41) is 8.14. The maximum absolute atomic E-state index is 12.5. The van der Waals surface area contributed by atoms with Crippen LogP contribution in [0.25, 0.3) is 0 Å². The van der Waals surface area contributed by atoms with Gasteiger partial charge in [0.25, 0.3) is 0 Å². The normalized spacial score (nSPS) is 8.92. The number of rotatable bonds is 2. The maximum Gasteiger partial charge on any atom is 0.325 e. The second kappa shape index (κ2) is 4.21. The number of nitrogens with zero attached hydrogens (tertiary/aromatic N) is 1. The molecule has 0 aromatic heterocycles. The lowest BCUT2D eigenvalue weighted by molar-refractivity contribution is -0.133. The fraction of sp³-hybridized carbons (Fsp3) is 0.111. The molecule has 4 heteroatoms. The lowest BCUT2D eigenvalue weighted by Crippen LogP contribution is -2.06. The van der Waals surface area contributed by atoms with Gasteiger partial charge in [0, 0.05) is 6.07 Å². The number of nitriles is 1. The third-order valence-corrected chi connectivity index (χ3v) is 1.25. The van der Waals surface area contributed by atoms with E-state index in [1.807, 2.05) is 0 Å². The molecule has 0 aliphatic rings. The predicted molar refractivity (Wildman–Crippen MR) is 42.3 cm³/mol. The van der Waals surface area contributed by atoms with E-state index >= 15 is 0 Å². The molecule has 0 saturated heterocycles. The zero-order valence-electron chi connectivity index (χ0n) is 6.66. The first kappa shape index (κ1) is 9.20. The first-order chi connectivity index (χ1) is 6.22. The van der Waals surface area contributed by atoms with Crippen LogP contribution in [-0.4, -0.2) is 5.97 Å². The summed E-state index contributed by atoms with van der Waals surface area (Å²) < 4.78 is 17.2. The van der Waals surface area contributed by atoms with Gasteiger partial charge in [-0.1, -0.05) is 6.07 Å². The van der Waals surface area contributed by atoms with E-state index in [1.54, 1.807) is 6.07 Å². The monoisotopic (exact) mass is 179 g/mol. The van der Waals surface area contributed by atoms with Gasteiger partial charge < -0.3 is 4.74 Å². The molecule has 1 aromatic carbocycles. The molecule has 0 atom stereocenters. The van der Waals surface area contributed by atoms with Gasteiger partial charge in [-0.15, -0.1) is 0 Å². The van der Waals surface area contributed by atoms with E-state index in [0.29, 0.717) is 0 Å². The highest BCUT2D eigenvalue weighted by Crippen LogP contribution is 2.12. The van der Waals surface area contributed by atoms with Gasteiger partial charge in [0.05, 0.1) is 6.07 Å². The molecule has 66 valence electrons. The summed E-state index contributed by atoms with van der Waals surface area (Å²) in [6.07, 6.45) is -0.337. The summed E-state index contributed by atoms with van der Waals surface area (Å²) in [6, 6.07) is 6.81. The van der Waals surface area contributed by atoms with Crippen LogP contribution in [0.2, 0.25) is 0 Å². The molecule has 0 bridgehead atoms. The Morgan fingerprint density at radius 1 is 1.62 bits per heavy atom. The van der Waals surface area contributed by atoms with Gasteiger partial charge in [-0.3, -0.25) is 4.79 Å². The Balaban J connectivity index is 2.65. The van der Waals surface area contributed by atoms with Crippen molar-refractivity contribution in [1.82, 2.24) is 0 Å². The van der Waals surface area contributed by atoms with Gasteiger partial charge in [0.15, 0.2) is 0 Å². The van der Waals surface area contributed by atoms with Crippen molar-refractivity contribution < 1.29 is 13.9 Å². The Morgan fingerprint density at radius 2 is 2.38 bits per heavy atom. The van der Waals surface area contributed by atoms with Crippen molar-refractivity contribution in [3.05, 3.63) is 30.1 Å². The van der Waals surface area contributed by atoms with Gasteiger partial charge >= 0.3 is 5.97 Å². The second-order valence-corrected chi connectivity index (χ2v) is 2.27. The summed E-state index contributed by atoms with van der Waals surface area (Å²) >= 11 is 0. The van der Waals surface area contributed by atoms with Gasteiger partial charge in [-0.05, 0) is 12.1 Å². The minimum absolute atomic E-state index is 0.111. The van der Waals surface area contributed by atoms with E-state index in [2.05, 4.69) is 4.74 Å². The highest BCUT2D eigenvalue weighted by Gasteiger charge is 2.03. The largest absolute Gasteiger partial charge is 0.426 e. The number of esters is 1. The van der Waals surface area contributed by atoms with Crippen LogP contribution in [0.5, 0.6) is 5.75 Å². The molecule has 1 aromatic rings. The maximum atomic E-state index is 12.5. The summed E-state index contributed by atoms with van der Waals surface area (Å²) in [5.74, 6) is -1.06. The summed E-state index contributed by atoms with van der Waals surface area (Å²) in [7, 11) is 0. The lowest BCUT2D eigenvalue weighted by Gasteiger charge is -2.00. The SMILES string of the molecule is N#CCC(=O)Oc1cccc(F)c1. The van der Waals surface area contributed by atoms with Gasteiger partial charge in [0.1, 0.15) is 18.0 Å². The van der Waals surface area contributed by atoms with E-state index in [4.69, 9.17) is 5.26 Å². The molecule has 13 heavy (non-hydrogen) atoms. The molecule has 3 nitrogen and oxygen atoms in total. The van der Waals surface area contributed by atoms with Crippen LogP contribution < -0.4 is 4.74 Å². The van der Waals surface area contributed by atoms with Crippen molar-refractivity contribution in [2.75, 3.05) is 0 Å². The highest BCUT2D eigenvalue weighted by molar-refractivity contribution is 5.74. The van der Waals surface area contributed by atoms with Crippen molar-refractivity contribution in [3.8, 4) is 11.8 Å². The van der Waals surface area contributed by atoms with Crippen molar-refractivity contribution in [3.63, 3.8) is 0 Å². The first-order valence-corrected chi connectivity index (χ1v) is 3.55. The van der Waals surface area contributed by atoms with Crippen LogP contribution in [0.4, 0.5) is 4.39 Å². The van der Waals surface area contributed by atoms with E-state index in [1.165, 1.54) is 18.2 Å².